The van der Waals surface area contributed by atoms with Crippen molar-refractivity contribution in [3.05, 3.63) is 188 Å². The van der Waals surface area contributed by atoms with Gasteiger partial charge >= 0.3 is 0 Å². The van der Waals surface area contributed by atoms with E-state index in [1.807, 2.05) is 30.3 Å². The first-order valence-corrected chi connectivity index (χ1v) is 18.2. The molecule has 252 valence electrons. The minimum absolute atomic E-state index is 0.626. The van der Waals surface area contributed by atoms with Gasteiger partial charge in [-0.05, 0) is 65.4 Å². The second kappa shape index (κ2) is 12.1. The van der Waals surface area contributed by atoms with Crippen LogP contribution in [0.3, 0.4) is 0 Å². The molecule has 3 aromatic heterocycles. The Kier molecular flexibility index (Phi) is 6.79. The molecule has 3 heterocycles. The summed E-state index contributed by atoms with van der Waals surface area (Å²) in [5.74, 6) is 1.91. The molecule has 0 bridgehead atoms. The average molecular weight is 690 g/mol. The van der Waals surface area contributed by atoms with Crippen molar-refractivity contribution in [1.29, 1.82) is 0 Å². The lowest BCUT2D eigenvalue weighted by atomic mass is 10.1. The van der Waals surface area contributed by atoms with Crippen LogP contribution in [-0.2, 0) is 0 Å². The van der Waals surface area contributed by atoms with Crippen molar-refractivity contribution in [2.24, 2.45) is 0 Å². The largest absolute Gasteiger partial charge is 0.309 e. The summed E-state index contributed by atoms with van der Waals surface area (Å²) in [5, 5.41) is 7.22. The van der Waals surface area contributed by atoms with Gasteiger partial charge in [0.2, 0.25) is 0 Å². The van der Waals surface area contributed by atoms with Gasteiger partial charge in [0.05, 0.1) is 22.1 Å². The fourth-order valence-corrected chi connectivity index (χ4v) is 8.03. The molecular weight excluding hydrogens is 659 g/mol. The Morgan fingerprint density at radius 2 is 0.778 bits per heavy atom. The summed E-state index contributed by atoms with van der Waals surface area (Å²) in [6.07, 6.45) is 0. The molecule has 0 aliphatic heterocycles. The van der Waals surface area contributed by atoms with Crippen LogP contribution in [0.5, 0.6) is 0 Å². The molecule has 0 unspecified atom stereocenters. The van der Waals surface area contributed by atoms with E-state index in [4.69, 9.17) is 15.0 Å². The van der Waals surface area contributed by atoms with Crippen LogP contribution >= 0.6 is 0 Å². The predicted molar refractivity (Wildman–Crippen MR) is 222 cm³/mol. The van der Waals surface area contributed by atoms with Gasteiger partial charge < -0.3 is 9.13 Å². The summed E-state index contributed by atoms with van der Waals surface area (Å²) in [6, 6.07) is 66.3. The molecule has 0 radical (unpaired) electrons. The second-order valence-electron chi connectivity index (χ2n) is 13.7. The van der Waals surface area contributed by atoms with Gasteiger partial charge in [-0.3, -0.25) is 0 Å². The summed E-state index contributed by atoms with van der Waals surface area (Å²) < 4.78 is 4.76. The minimum Gasteiger partial charge on any atom is -0.309 e. The van der Waals surface area contributed by atoms with Crippen LogP contribution in [0, 0.1) is 0 Å². The maximum Gasteiger partial charge on any atom is 0.164 e. The number of fused-ring (bicyclic) bond motifs is 7. The van der Waals surface area contributed by atoms with Crippen LogP contribution in [0.2, 0.25) is 0 Å². The molecule has 0 saturated carbocycles. The Morgan fingerprint density at radius 3 is 1.46 bits per heavy atom. The van der Waals surface area contributed by atoms with Crippen LogP contribution in [0.1, 0.15) is 0 Å². The van der Waals surface area contributed by atoms with Gasteiger partial charge in [-0.25, -0.2) is 15.0 Å². The molecule has 0 amide bonds. The van der Waals surface area contributed by atoms with Crippen LogP contribution in [0.25, 0.3) is 99.9 Å². The van der Waals surface area contributed by atoms with Crippen molar-refractivity contribution < 1.29 is 0 Å². The third-order valence-electron chi connectivity index (χ3n) is 10.5. The van der Waals surface area contributed by atoms with Crippen LogP contribution in [0.4, 0.5) is 0 Å². The SMILES string of the molecule is c1ccc(-c2nc(-c3cccc(-n4c5ccccc5c5cc6c7ccccc7n(-c7ccccc7)c6cc54)c3)nc(-c3ccc4ccccc4c3)n2)cc1. The highest BCUT2D eigenvalue weighted by Gasteiger charge is 2.19. The van der Waals surface area contributed by atoms with Crippen LogP contribution in [0.15, 0.2) is 188 Å². The van der Waals surface area contributed by atoms with Crippen LogP contribution < -0.4 is 0 Å². The van der Waals surface area contributed by atoms with Gasteiger partial charge in [-0.1, -0.05) is 133 Å². The number of benzene rings is 8. The summed E-state index contributed by atoms with van der Waals surface area (Å²) >= 11 is 0. The van der Waals surface area contributed by atoms with Gasteiger partial charge in [0.1, 0.15) is 0 Å². The monoisotopic (exact) mass is 689 g/mol. The number of para-hydroxylation sites is 3. The van der Waals surface area contributed by atoms with Crippen molar-refractivity contribution in [2.75, 3.05) is 0 Å². The smallest absolute Gasteiger partial charge is 0.164 e. The average Bonchev–Trinajstić information content (AvgIpc) is 3.75. The Hall–Kier alpha value is -7.37. The van der Waals surface area contributed by atoms with E-state index >= 15 is 0 Å². The Bertz CT molecular complexity index is 3210. The molecule has 5 heteroatoms. The molecule has 5 nitrogen and oxygen atoms in total. The lowest BCUT2D eigenvalue weighted by molar-refractivity contribution is 1.07. The predicted octanol–water partition coefficient (Wildman–Crippen LogP) is 12.2. The van der Waals surface area contributed by atoms with Crippen molar-refractivity contribution in [2.45, 2.75) is 0 Å². The quantitative estimate of drug-likeness (QED) is 0.181. The fraction of sp³-hybridized carbons (Fsp3) is 0. The maximum absolute atomic E-state index is 5.13. The summed E-state index contributed by atoms with van der Waals surface area (Å²) in [5.41, 5.74) is 9.62. The van der Waals surface area contributed by atoms with Crippen molar-refractivity contribution in [3.63, 3.8) is 0 Å². The zero-order valence-corrected chi connectivity index (χ0v) is 29.1. The Morgan fingerprint density at radius 1 is 0.278 bits per heavy atom. The third kappa shape index (κ3) is 4.83. The normalized spacial score (nSPS) is 11.7. The van der Waals surface area contributed by atoms with Crippen molar-refractivity contribution in [3.8, 4) is 45.5 Å². The first-order chi connectivity index (χ1) is 26.8. The molecule has 0 N–H and O–H groups in total. The molecule has 8 aromatic carbocycles. The fourth-order valence-electron chi connectivity index (χ4n) is 8.03. The minimum atomic E-state index is 0.626. The number of hydrogen-bond donors (Lipinski definition) is 0. The zero-order valence-electron chi connectivity index (χ0n) is 29.1. The van der Waals surface area contributed by atoms with E-state index in [0.717, 1.165) is 44.5 Å². The standard InChI is InChI=1S/C49H31N5/c1-3-15-33(16-4-1)47-50-48(52-49(51-47)36-27-26-32-14-7-8-17-34(32)28-36)35-18-13-21-38(29-35)54-44-25-12-10-23-40(44)42-30-41-39-22-9-11-24-43(39)53(45(41)31-46(42)54)37-19-5-2-6-20-37/h1-31H. The molecular formula is C49H31N5. The van der Waals surface area contributed by atoms with E-state index in [9.17, 15) is 0 Å². The van der Waals surface area contributed by atoms with E-state index in [2.05, 4.69) is 167 Å². The molecule has 0 spiro atoms. The number of rotatable bonds is 5. The molecule has 0 fully saturated rings. The first-order valence-electron chi connectivity index (χ1n) is 18.2. The topological polar surface area (TPSA) is 48.5 Å². The zero-order chi connectivity index (χ0) is 35.6. The molecule has 0 aliphatic rings. The van der Waals surface area contributed by atoms with Crippen molar-refractivity contribution in [1.82, 2.24) is 24.1 Å². The highest BCUT2D eigenvalue weighted by atomic mass is 15.0. The maximum atomic E-state index is 5.13. The van der Waals surface area contributed by atoms with Gasteiger partial charge in [-0.15, -0.1) is 0 Å². The summed E-state index contributed by atoms with van der Waals surface area (Å²) in [4.78, 5) is 15.2. The molecule has 0 atom stereocenters. The highest BCUT2D eigenvalue weighted by molar-refractivity contribution is 6.19. The lowest BCUT2D eigenvalue weighted by Crippen LogP contribution is -2.01. The number of hydrogen-bond acceptors (Lipinski definition) is 3. The van der Waals surface area contributed by atoms with Gasteiger partial charge in [0, 0.05) is 49.6 Å². The van der Waals surface area contributed by atoms with E-state index in [1.54, 1.807) is 0 Å². The number of aromatic nitrogens is 5. The Balaban J connectivity index is 1.14. The van der Waals surface area contributed by atoms with Gasteiger partial charge in [-0.2, -0.15) is 0 Å². The molecule has 11 aromatic rings. The van der Waals surface area contributed by atoms with Gasteiger partial charge in [0.25, 0.3) is 0 Å². The Labute approximate surface area is 311 Å². The third-order valence-corrected chi connectivity index (χ3v) is 10.5. The lowest BCUT2D eigenvalue weighted by Gasteiger charge is -2.12. The number of nitrogens with zero attached hydrogens (tertiary/aromatic N) is 5. The van der Waals surface area contributed by atoms with E-state index in [1.165, 1.54) is 38.0 Å². The molecule has 0 saturated heterocycles. The molecule has 0 aliphatic carbocycles. The van der Waals surface area contributed by atoms with Crippen LogP contribution in [-0.4, -0.2) is 24.1 Å². The van der Waals surface area contributed by atoms with Crippen molar-refractivity contribution >= 4 is 54.4 Å². The molecule has 11 rings (SSSR count). The van der Waals surface area contributed by atoms with Gasteiger partial charge in [0.15, 0.2) is 17.5 Å². The van der Waals surface area contributed by atoms with E-state index < -0.39 is 0 Å². The summed E-state index contributed by atoms with van der Waals surface area (Å²) in [6.45, 7) is 0. The second-order valence-corrected chi connectivity index (χ2v) is 13.7. The summed E-state index contributed by atoms with van der Waals surface area (Å²) in [7, 11) is 0. The first kappa shape index (κ1) is 30.3. The molecule has 54 heavy (non-hydrogen) atoms. The van der Waals surface area contributed by atoms with E-state index in [-0.39, 0.29) is 0 Å². The highest BCUT2D eigenvalue weighted by Crippen LogP contribution is 2.40. The van der Waals surface area contributed by atoms with E-state index in [0.29, 0.717) is 17.5 Å².